The van der Waals surface area contributed by atoms with Gasteiger partial charge in [0.1, 0.15) is 22.6 Å². The quantitative estimate of drug-likeness (QED) is 0.199. The molecule has 0 spiro atoms. The van der Waals surface area contributed by atoms with E-state index < -0.39 is 21.1 Å². The van der Waals surface area contributed by atoms with Crippen LogP contribution < -0.4 is 11.0 Å². The summed E-state index contributed by atoms with van der Waals surface area (Å²) in [6, 6.07) is 24.0. The molecule has 0 N–H and O–H groups in total. The molecule has 282 valence electrons. The van der Waals surface area contributed by atoms with Crippen LogP contribution in [0.4, 0.5) is 21.2 Å². The monoisotopic (exact) mass is 772 g/mol. The SMILES string of the molecule is Cc1ccc2c(c1)C1=NC/2=N\c2c3cc(C)ccc3c3n2[Si](OC(=O)N(C)C)(OC(=O)N(C)C)n2/c(c4ccc(C)cc4/c2=N/C2=NC(=N\3)/c3cc(C)ccc32)=N\1. The second-order valence-corrected chi connectivity index (χ2v) is 17.6. The van der Waals surface area contributed by atoms with Gasteiger partial charge in [-0.3, -0.25) is 8.47 Å². The van der Waals surface area contributed by atoms with E-state index >= 15 is 0 Å². The number of benzene rings is 4. The molecule has 6 aromatic rings. The third kappa shape index (κ3) is 5.01. The first kappa shape index (κ1) is 34.5. The lowest BCUT2D eigenvalue weighted by Gasteiger charge is -2.33. The Bertz CT molecular complexity index is 3110. The van der Waals surface area contributed by atoms with Crippen LogP contribution in [0.25, 0.3) is 21.5 Å². The molecule has 2 amide bonds. The molecule has 6 heterocycles. The van der Waals surface area contributed by atoms with E-state index in [1.165, 1.54) is 9.80 Å². The van der Waals surface area contributed by atoms with E-state index in [1.807, 2.05) is 100 Å². The van der Waals surface area contributed by atoms with Gasteiger partial charge in [0.25, 0.3) is 0 Å². The predicted octanol–water partition coefficient (Wildman–Crippen LogP) is 6.00. The van der Waals surface area contributed by atoms with Crippen LogP contribution in [0, 0.1) is 27.7 Å². The van der Waals surface area contributed by atoms with E-state index in [-0.39, 0.29) is 0 Å². The van der Waals surface area contributed by atoms with Crippen molar-refractivity contribution in [1.29, 1.82) is 0 Å². The fourth-order valence-corrected chi connectivity index (χ4v) is 10.9. The zero-order valence-electron chi connectivity index (χ0n) is 32.5. The van der Waals surface area contributed by atoms with Crippen LogP contribution in [0.2, 0.25) is 0 Å². The molecule has 0 aliphatic carbocycles. The number of aromatic nitrogens is 2. The summed E-state index contributed by atoms with van der Waals surface area (Å²) in [5.74, 6) is 2.22. The van der Waals surface area contributed by atoms with E-state index in [1.54, 1.807) is 36.7 Å². The Morgan fingerprint density at radius 3 is 1.46 bits per heavy atom. The number of aliphatic imine (C=N–C) groups is 4. The molecule has 0 saturated heterocycles. The standard InChI is InChI=1S/C42H36N10O4Si/c1-21-9-13-25-29(17-21)35-43-33(25)45-39-32-20-24(4)12-16-28(32)38-48-36-30-18-22(2)10-14-26(30)34(44-36)46-40-31-19-23(3)11-15-27(31)37(47-35)51(40)57(52(38)39,55-41(53)49(5)6)56-42(54)50(7)8/h9-20H,1-8H3/b45-33-,45-39?,46-34?,46-40-,47-35?,47-37-,48-36-,48-38?. The molecule has 0 atom stereocenters. The van der Waals surface area contributed by atoms with Crippen molar-refractivity contribution in [1.82, 2.24) is 18.3 Å². The number of carbonyl (C=O) groups is 2. The Hall–Kier alpha value is -7.00. The molecule has 0 saturated carbocycles. The van der Waals surface area contributed by atoms with Gasteiger partial charge in [-0.2, -0.15) is 0 Å². The lowest BCUT2D eigenvalue weighted by Crippen LogP contribution is -2.66. The molecule has 4 aliphatic rings. The van der Waals surface area contributed by atoms with Crippen molar-refractivity contribution in [3.63, 3.8) is 0 Å². The molecule has 14 nitrogen and oxygen atoms in total. The van der Waals surface area contributed by atoms with Gasteiger partial charge in [-0.25, -0.2) is 39.5 Å². The maximum absolute atomic E-state index is 14.4. The van der Waals surface area contributed by atoms with Crippen LogP contribution in [-0.2, 0) is 8.85 Å². The summed E-state index contributed by atoms with van der Waals surface area (Å²) < 4.78 is 17.1. The van der Waals surface area contributed by atoms with Gasteiger partial charge >= 0.3 is 21.1 Å². The molecule has 2 aromatic heterocycles. The molecule has 0 fully saturated rings. The first-order valence-electron chi connectivity index (χ1n) is 18.4. The van der Waals surface area contributed by atoms with Crippen molar-refractivity contribution in [2.75, 3.05) is 28.2 Å². The second-order valence-electron chi connectivity index (χ2n) is 15.2. The number of rotatable bonds is 2. The summed E-state index contributed by atoms with van der Waals surface area (Å²) in [6.07, 6.45) is -1.53. The third-order valence-corrected chi connectivity index (χ3v) is 13.3. The largest absolute Gasteiger partial charge is 0.744 e. The highest BCUT2D eigenvalue weighted by Gasteiger charge is 2.60. The highest BCUT2D eigenvalue weighted by Crippen LogP contribution is 2.44. The summed E-state index contributed by atoms with van der Waals surface area (Å²) in [7, 11) is 1.33. The zero-order valence-corrected chi connectivity index (χ0v) is 33.5. The number of nitrogens with zero attached hydrogens (tertiary/aromatic N) is 10. The maximum atomic E-state index is 14.4. The minimum absolute atomic E-state index is 0.321. The fraction of sp³-hybridized carbons (Fsp3) is 0.190. The first-order chi connectivity index (χ1) is 27.3. The van der Waals surface area contributed by atoms with Gasteiger partial charge in [0.15, 0.2) is 23.3 Å². The molecule has 0 unspecified atom stereocenters. The van der Waals surface area contributed by atoms with Crippen LogP contribution in [0.15, 0.2) is 103 Å². The van der Waals surface area contributed by atoms with Crippen LogP contribution in [0.3, 0.4) is 0 Å². The lowest BCUT2D eigenvalue weighted by molar-refractivity contribution is 0.124. The summed E-state index contributed by atoms with van der Waals surface area (Å²) in [4.78, 5) is 63.0. The summed E-state index contributed by atoms with van der Waals surface area (Å²) in [5.41, 5.74) is 7.66. The van der Waals surface area contributed by atoms with Gasteiger partial charge in [-0.15, -0.1) is 0 Å². The van der Waals surface area contributed by atoms with Crippen LogP contribution in [-0.4, -0.2) is 90.9 Å². The minimum Gasteiger partial charge on any atom is -0.435 e. The second kappa shape index (κ2) is 12.0. The average molecular weight is 773 g/mol. The number of carbonyl (C=O) groups excluding carboxylic acids is 2. The number of aryl methyl sites for hydroxylation is 4. The summed E-state index contributed by atoms with van der Waals surface area (Å²) in [5, 5.41) is 2.68. The molecule has 57 heavy (non-hydrogen) atoms. The van der Waals surface area contributed by atoms with Gasteiger partial charge in [0.05, 0.1) is 0 Å². The Labute approximate surface area is 327 Å². The highest BCUT2D eigenvalue weighted by molar-refractivity contribution is 6.69. The smallest absolute Gasteiger partial charge is 0.435 e. The Morgan fingerprint density at radius 1 is 0.474 bits per heavy atom. The van der Waals surface area contributed by atoms with E-state index in [0.29, 0.717) is 67.5 Å². The van der Waals surface area contributed by atoms with Crippen LogP contribution >= 0.6 is 0 Å². The summed E-state index contributed by atoms with van der Waals surface area (Å²) in [6.45, 7) is 8.01. The van der Waals surface area contributed by atoms with Crippen molar-refractivity contribution in [3.8, 4) is 0 Å². The first-order valence-corrected chi connectivity index (χ1v) is 20.1. The van der Waals surface area contributed by atoms with E-state index in [9.17, 15) is 9.59 Å². The number of fused-ring (bicyclic) bond motifs is 14. The zero-order chi connectivity index (χ0) is 39.7. The number of amides is 2. The molecular formula is C42H36N10O4Si. The van der Waals surface area contributed by atoms with E-state index in [4.69, 9.17) is 38.8 Å². The van der Waals surface area contributed by atoms with Crippen molar-refractivity contribution in [2.24, 2.45) is 30.0 Å². The topological polar surface area (TPSA) is 143 Å². The maximum Gasteiger partial charge on any atom is 0.744 e. The minimum atomic E-state index is -4.98. The Morgan fingerprint density at radius 2 is 0.895 bits per heavy atom. The number of hydrogen-bond donors (Lipinski definition) is 0. The molecule has 6 bridgehead atoms. The van der Waals surface area contributed by atoms with Crippen molar-refractivity contribution in [2.45, 2.75) is 27.7 Å². The Kier molecular flexibility index (Phi) is 7.26. The Balaban J connectivity index is 1.55. The molecule has 4 aliphatic heterocycles. The normalized spacial score (nSPS) is 18.3. The summed E-state index contributed by atoms with van der Waals surface area (Å²) >= 11 is 0. The van der Waals surface area contributed by atoms with E-state index in [0.717, 1.165) is 44.5 Å². The molecule has 10 rings (SSSR count). The molecule has 4 aromatic carbocycles. The number of hydrogen-bond acceptors (Lipinski definition) is 10. The average Bonchev–Trinajstić information content (AvgIpc) is 3.86. The van der Waals surface area contributed by atoms with Crippen LogP contribution in [0.5, 0.6) is 0 Å². The molecule has 15 heteroatoms. The van der Waals surface area contributed by atoms with Crippen LogP contribution in [0.1, 0.15) is 44.5 Å². The van der Waals surface area contributed by atoms with Gasteiger partial charge in [0.2, 0.25) is 0 Å². The van der Waals surface area contributed by atoms with Crippen molar-refractivity contribution >= 4 is 77.6 Å². The number of amidine groups is 4. The predicted molar refractivity (Wildman–Crippen MR) is 220 cm³/mol. The van der Waals surface area contributed by atoms with Gasteiger partial charge < -0.3 is 18.7 Å². The van der Waals surface area contributed by atoms with Gasteiger partial charge in [0, 0.05) is 72.0 Å². The molecular weight excluding hydrogens is 737 g/mol. The van der Waals surface area contributed by atoms with E-state index in [2.05, 4.69) is 0 Å². The fourth-order valence-electron chi connectivity index (χ4n) is 7.71. The van der Waals surface area contributed by atoms with Crippen molar-refractivity contribution in [3.05, 3.63) is 128 Å². The van der Waals surface area contributed by atoms with Crippen molar-refractivity contribution < 1.29 is 18.4 Å². The molecule has 0 radical (unpaired) electrons. The van der Waals surface area contributed by atoms with Gasteiger partial charge in [-0.05, 0) is 52.0 Å². The van der Waals surface area contributed by atoms with Gasteiger partial charge in [-0.1, -0.05) is 70.8 Å². The third-order valence-electron chi connectivity index (χ3n) is 10.5. The lowest BCUT2D eigenvalue weighted by atomic mass is 10.0. The highest BCUT2D eigenvalue weighted by atomic mass is 28.4.